The number of carbonyl (C=O) groups excluding carboxylic acids is 4. The van der Waals surface area contributed by atoms with E-state index in [0.717, 1.165) is 5.57 Å². The molecule has 0 aromatic heterocycles. The number of hydrogen-bond acceptors (Lipinski definition) is 7. The number of phenolic OH excluding ortho intramolecular Hbond substituents is 1. The Kier molecular flexibility index (Phi) is 7.47. The monoisotopic (exact) mass is 668 g/mol. The summed E-state index contributed by atoms with van der Waals surface area (Å²) in [6.45, 7) is 5.53. The van der Waals surface area contributed by atoms with Crippen molar-refractivity contribution in [2.24, 2.45) is 23.7 Å². The number of aromatic hydroxyl groups is 1. The van der Waals surface area contributed by atoms with Crippen molar-refractivity contribution in [1.82, 2.24) is 4.90 Å². The summed E-state index contributed by atoms with van der Waals surface area (Å²) in [6, 6.07) is 19.2. The number of rotatable bonds is 5. The standard InChI is InChI=1S/C38H37ClN2O7/c1-37(2,3)41-33(43)25-15-14-24-26(30(25)35(41)45)19-27-34(44)40(23-13-9-12-22(39)18-23)36(46)38(27,21-10-7-6-8-11-21)31(24)20-16-28(47-4)32(42)29(17-20)48-5/h6-14,16-18,25-27,30-31,42H,15,19H2,1-5H3/t25-,26+,27-,30-,31-,38+/m0/s1. The zero-order valence-corrected chi connectivity index (χ0v) is 28.2. The SMILES string of the molecule is COc1cc([C@H]2C3=CC[C@@H]4C(=O)N(C(C)(C)C)C(=O)[C@@H]4[C@@H]3C[C@H]3C(=O)N(c4cccc(Cl)c4)C(=O)[C@@]23c2ccccc2)cc(OC)c1O. The number of benzene rings is 3. The summed E-state index contributed by atoms with van der Waals surface area (Å²) in [5.41, 5.74) is 0.176. The summed E-state index contributed by atoms with van der Waals surface area (Å²) in [7, 11) is 2.86. The van der Waals surface area contributed by atoms with Crippen LogP contribution in [0, 0.1) is 23.7 Å². The molecule has 10 heteroatoms. The molecular weight excluding hydrogens is 632 g/mol. The maximum Gasteiger partial charge on any atom is 0.246 e. The molecule has 0 bridgehead atoms. The molecule has 0 unspecified atom stereocenters. The highest BCUT2D eigenvalue weighted by atomic mass is 35.5. The van der Waals surface area contributed by atoms with Gasteiger partial charge >= 0.3 is 0 Å². The van der Waals surface area contributed by atoms with Crippen molar-refractivity contribution in [3.63, 3.8) is 0 Å². The van der Waals surface area contributed by atoms with Crippen molar-refractivity contribution in [1.29, 1.82) is 0 Å². The van der Waals surface area contributed by atoms with Crippen LogP contribution in [-0.4, -0.2) is 53.4 Å². The van der Waals surface area contributed by atoms with E-state index in [1.54, 1.807) is 36.4 Å². The molecule has 0 radical (unpaired) electrons. The van der Waals surface area contributed by atoms with Crippen molar-refractivity contribution < 1.29 is 33.8 Å². The predicted molar refractivity (Wildman–Crippen MR) is 179 cm³/mol. The van der Waals surface area contributed by atoms with Gasteiger partial charge in [0.2, 0.25) is 29.4 Å². The van der Waals surface area contributed by atoms with Gasteiger partial charge in [-0.05, 0) is 81.0 Å². The highest BCUT2D eigenvalue weighted by Crippen LogP contribution is 2.65. The molecule has 9 nitrogen and oxygen atoms in total. The van der Waals surface area contributed by atoms with Crippen LogP contribution in [0.4, 0.5) is 5.69 Å². The van der Waals surface area contributed by atoms with E-state index in [0.29, 0.717) is 28.3 Å². The minimum atomic E-state index is -1.46. The lowest BCUT2D eigenvalue weighted by atomic mass is 9.49. The lowest BCUT2D eigenvalue weighted by molar-refractivity contribution is -0.145. The Morgan fingerprint density at radius 1 is 0.854 bits per heavy atom. The smallest absolute Gasteiger partial charge is 0.246 e. The number of halogens is 1. The van der Waals surface area contributed by atoms with Gasteiger partial charge in [0.25, 0.3) is 0 Å². The number of ether oxygens (including phenoxy) is 2. The summed E-state index contributed by atoms with van der Waals surface area (Å²) in [4.78, 5) is 60.9. The topological polar surface area (TPSA) is 113 Å². The molecule has 3 fully saturated rings. The van der Waals surface area contributed by atoms with Gasteiger partial charge in [-0.15, -0.1) is 0 Å². The lowest BCUT2D eigenvalue weighted by Crippen LogP contribution is -2.53. The van der Waals surface area contributed by atoms with Crippen LogP contribution in [0.5, 0.6) is 17.2 Å². The Bertz CT molecular complexity index is 1880. The van der Waals surface area contributed by atoms with Gasteiger partial charge in [-0.25, -0.2) is 4.90 Å². The number of carbonyl (C=O) groups is 4. The molecule has 0 spiro atoms. The highest BCUT2D eigenvalue weighted by molar-refractivity contribution is 6.32. The third kappa shape index (κ3) is 4.36. The lowest BCUT2D eigenvalue weighted by Gasteiger charge is -2.50. The number of phenols is 1. The molecule has 7 rings (SSSR count). The number of nitrogens with zero attached hydrogens (tertiary/aromatic N) is 2. The summed E-state index contributed by atoms with van der Waals surface area (Å²) >= 11 is 6.39. The van der Waals surface area contributed by atoms with E-state index >= 15 is 4.79 Å². The zero-order chi connectivity index (χ0) is 34.3. The highest BCUT2D eigenvalue weighted by Gasteiger charge is 2.70. The molecule has 2 aliphatic heterocycles. The van der Waals surface area contributed by atoms with Crippen LogP contribution in [-0.2, 0) is 24.6 Å². The van der Waals surface area contributed by atoms with E-state index in [4.69, 9.17) is 21.1 Å². The molecule has 2 aliphatic carbocycles. The first-order chi connectivity index (χ1) is 22.9. The average Bonchev–Trinajstić information content (AvgIpc) is 3.46. The van der Waals surface area contributed by atoms with Gasteiger partial charge < -0.3 is 14.6 Å². The van der Waals surface area contributed by atoms with Crippen molar-refractivity contribution in [2.45, 2.75) is 50.5 Å². The maximum atomic E-state index is 15.3. The Morgan fingerprint density at radius 2 is 1.52 bits per heavy atom. The Hall–Kier alpha value is -4.63. The number of hydrogen-bond donors (Lipinski definition) is 1. The first kappa shape index (κ1) is 31.9. The first-order valence-corrected chi connectivity index (χ1v) is 16.5. The second-order valence-electron chi connectivity index (χ2n) is 14.1. The molecule has 6 atom stereocenters. The van der Waals surface area contributed by atoms with E-state index in [2.05, 4.69) is 0 Å². The van der Waals surface area contributed by atoms with Crippen molar-refractivity contribution in [3.05, 3.63) is 94.5 Å². The Morgan fingerprint density at radius 3 is 2.12 bits per heavy atom. The van der Waals surface area contributed by atoms with Gasteiger partial charge in [0.05, 0.1) is 43.1 Å². The summed E-state index contributed by atoms with van der Waals surface area (Å²) < 4.78 is 11.2. The van der Waals surface area contributed by atoms with Gasteiger partial charge in [-0.2, -0.15) is 0 Å². The average molecular weight is 669 g/mol. The second kappa shape index (κ2) is 11.2. The van der Waals surface area contributed by atoms with Gasteiger partial charge in [0, 0.05) is 16.5 Å². The van der Waals surface area contributed by atoms with Crippen LogP contribution in [0.3, 0.4) is 0 Å². The minimum Gasteiger partial charge on any atom is -0.502 e. The maximum absolute atomic E-state index is 15.3. The molecule has 4 aliphatic rings. The van der Waals surface area contributed by atoms with E-state index < -0.39 is 52.4 Å². The fourth-order valence-electron chi connectivity index (χ4n) is 8.86. The fourth-order valence-corrected chi connectivity index (χ4v) is 9.04. The number of fused-ring (bicyclic) bond motifs is 4. The quantitative estimate of drug-likeness (QED) is 0.261. The van der Waals surface area contributed by atoms with Crippen LogP contribution >= 0.6 is 11.6 Å². The molecule has 1 N–H and O–H groups in total. The zero-order valence-electron chi connectivity index (χ0n) is 27.4. The van der Waals surface area contributed by atoms with Crippen LogP contribution in [0.25, 0.3) is 0 Å². The summed E-state index contributed by atoms with van der Waals surface area (Å²) in [5.74, 6) is -4.72. The van der Waals surface area contributed by atoms with E-state index in [9.17, 15) is 19.5 Å². The van der Waals surface area contributed by atoms with Crippen LogP contribution in [0.1, 0.15) is 50.7 Å². The second-order valence-corrected chi connectivity index (χ2v) is 14.5. The summed E-state index contributed by atoms with van der Waals surface area (Å²) in [5, 5.41) is 11.3. The van der Waals surface area contributed by atoms with E-state index in [1.807, 2.05) is 57.2 Å². The van der Waals surface area contributed by atoms with Crippen LogP contribution < -0.4 is 14.4 Å². The number of methoxy groups -OCH3 is 2. The number of amides is 4. The van der Waals surface area contributed by atoms with E-state index in [-0.39, 0.29) is 35.5 Å². The number of anilines is 1. The van der Waals surface area contributed by atoms with Crippen molar-refractivity contribution >= 4 is 40.9 Å². The van der Waals surface area contributed by atoms with Gasteiger partial charge in [-0.1, -0.05) is 59.6 Å². The normalized spacial score (nSPS) is 28.2. The van der Waals surface area contributed by atoms with Crippen molar-refractivity contribution in [3.8, 4) is 17.2 Å². The predicted octanol–water partition coefficient (Wildman–Crippen LogP) is 6.02. The van der Waals surface area contributed by atoms with E-state index in [1.165, 1.54) is 24.0 Å². The summed E-state index contributed by atoms with van der Waals surface area (Å²) in [6.07, 6.45) is 2.50. The third-order valence-electron chi connectivity index (χ3n) is 10.7. The minimum absolute atomic E-state index is 0.134. The fraction of sp³-hybridized carbons (Fsp3) is 0.368. The largest absolute Gasteiger partial charge is 0.502 e. The molecule has 2 heterocycles. The van der Waals surface area contributed by atoms with Crippen molar-refractivity contribution in [2.75, 3.05) is 19.1 Å². The Labute approximate surface area is 284 Å². The van der Waals surface area contributed by atoms with Crippen LogP contribution in [0.2, 0.25) is 5.02 Å². The first-order valence-electron chi connectivity index (χ1n) is 16.1. The molecule has 3 aromatic carbocycles. The molecule has 4 amide bonds. The third-order valence-corrected chi connectivity index (χ3v) is 10.9. The molecular formula is C38H37ClN2O7. The number of imide groups is 2. The Balaban J connectivity index is 1.53. The molecule has 2 saturated heterocycles. The molecule has 1 saturated carbocycles. The number of allylic oxidation sites excluding steroid dienone is 2. The molecule has 3 aromatic rings. The van der Waals surface area contributed by atoms with Gasteiger partial charge in [0.15, 0.2) is 11.5 Å². The van der Waals surface area contributed by atoms with Gasteiger partial charge in [0.1, 0.15) is 0 Å². The van der Waals surface area contributed by atoms with Gasteiger partial charge in [-0.3, -0.25) is 24.1 Å². The number of likely N-dealkylation sites (tertiary alicyclic amines) is 1. The van der Waals surface area contributed by atoms with Crippen LogP contribution in [0.15, 0.2) is 78.4 Å². The molecule has 248 valence electrons. The molecule has 48 heavy (non-hydrogen) atoms.